The number of aromatic nitrogens is 1. The van der Waals surface area contributed by atoms with Gasteiger partial charge in [-0.15, -0.1) is 11.3 Å². The number of thiophene rings is 1. The van der Waals surface area contributed by atoms with Crippen LogP contribution < -0.4 is 10.1 Å². The number of nitrogens with zero attached hydrogens (tertiary/aromatic N) is 1. The van der Waals surface area contributed by atoms with Crippen LogP contribution >= 0.6 is 11.3 Å². The number of benzene rings is 1. The quantitative estimate of drug-likeness (QED) is 0.756. The number of methoxy groups -OCH3 is 1. The average Bonchev–Trinajstić information content (AvgIpc) is 3.08. The molecule has 1 N–H and O–H groups in total. The highest BCUT2D eigenvalue weighted by Gasteiger charge is 2.05. The lowest BCUT2D eigenvalue weighted by molar-refractivity contribution is 0.396. The van der Waals surface area contributed by atoms with Gasteiger partial charge < -0.3 is 10.1 Å². The van der Waals surface area contributed by atoms with Gasteiger partial charge in [0.15, 0.2) is 0 Å². The number of anilines is 1. The van der Waals surface area contributed by atoms with E-state index in [9.17, 15) is 0 Å². The van der Waals surface area contributed by atoms with Crippen molar-refractivity contribution >= 4 is 17.0 Å². The van der Waals surface area contributed by atoms with Crippen molar-refractivity contribution in [2.24, 2.45) is 0 Å². The summed E-state index contributed by atoms with van der Waals surface area (Å²) in [6.45, 7) is 0.666. The van der Waals surface area contributed by atoms with Gasteiger partial charge in [-0.1, -0.05) is 30.3 Å². The van der Waals surface area contributed by atoms with Gasteiger partial charge in [-0.05, 0) is 23.6 Å². The first-order valence-electron chi connectivity index (χ1n) is 6.73. The fraction of sp³-hybridized carbons (Fsp3) is 0.118. The van der Waals surface area contributed by atoms with E-state index < -0.39 is 0 Å². The first kappa shape index (κ1) is 13.6. The molecule has 21 heavy (non-hydrogen) atoms. The van der Waals surface area contributed by atoms with E-state index in [0.29, 0.717) is 12.4 Å². The van der Waals surface area contributed by atoms with E-state index in [1.807, 2.05) is 24.3 Å². The second kappa shape index (κ2) is 6.41. The van der Waals surface area contributed by atoms with E-state index in [0.717, 1.165) is 11.4 Å². The summed E-state index contributed by atoms with van der Waals surface area (Å²) in [4.78, 5) is 5.68. The summed E-state index contributed by atoms with van der Waals surface area (Å²) in [6.07, 6.45) is 0. The van der Waals surface area contributed by atoms with Crippen molar-refractivity contribution in [3.8, 4) is 16.3 Å². The van der Waals surface area contributed by atoms with E-state index >= 15 is 0 Å². The van der Waals surface area contributed by atoms with Gasteiger partial charge in [0.05, 0.1) is 19.3 Å². The summed E-state index contributed by atoms with van der Waals surface area (Å²) >= 11 is 1.74. The van der Waals surface area contributed by atoms with E-state index in [-0.39, 0.29) is 0 Å². The van der Waals surface area contributed by atoms with Crippen molar-refractivity contribution in [2.45, 2.75) is 6.54 Å². The lowest BCUT2D eigenvalue weighted by Crippen LogP contribution is -2.03. The van der Waals surface area contributed by atoms with Crippen LogP contribution in [-0.4, -0.2) is 12.1 Å². The molecule has 0 atom stereocenters. The van der Waals surface area contributed by atoms with Crippen molar-refractivity contribution in [2.75, 3.05) is 12.4 Å². The maximum Gasteiger partial charge on any atom is 0.213 e. The molecule has 0 aliphatic rings. The third-order valence-electron chi connectivity index (χ3n) is 3.16. The third-order valence-corrected chi connectivity index (χ3v) is 4.07. The van der Waals surface area contributed by atoms with E-state index in [1.165, 1.54) is 10.4 Å². The van der Waals surface area contributed by atoms with Crippen LogP contribution in [0.2, 0.25) is 0 Å². The van der Waals surface area contributed by atoms with E-state index in [1.54, 1.807) is 18.4 Å². The zero-order chi connectivity index (χ0) is 14.5. The Kier molecular flexibility index (Phi) is 4.17. The standard InChI is InChI=1S/C17H16N2OS/c1-20-17-10-4-6-13(19-17)12-18-15-8-3-2-7-14(15)16-9-5-11-21-16/h2-11,18H,12H2,1H3. The van der Waals surface area contributed by atoms with Crippen molar-refractivity contribution in [3.05, 3.63) is 65.7 Å². The highest BCUT2D eigenvalue weighted by Crippen LogP contribution is 2.31. The molecule has 0 amide bonds. The highest BCUT2D eigenvalue weighted by molar-refractivity contribution is 7.13. The lowest BCUT2D eigenvalue weighted by atomic mass is 10.1. The van der Waals surface area contributed by atoms with Gasteiger partial charge in [-0.3, -0.25) is 0 Å². The summed E-state index contributed by atoms with van der Waals surface area (Å²) in [5, 5.41) is 5.55. The molecule has 0 fully saturated rings. The van der Waals surface area contributed by atoms with Crippen molar-refractivity contribution in [1.29, 1.82) is 0 Å². The molecule has 4 heteroatoms. The molecule has 2 aromatic heterocycles. The Bertz CT molecular complexity index is 710. The Hall–Kier alpha value is -2.33. The van der Waals surface area contributed by atoms with Gasteiger partial charge in [0.1, 0.15) is 0 Å². The molecule has 3 aromatic rings. The first-order chi connectivity index (χ1) is 10.4. The maximum atomic E-state index is 5.15. The molecular weight excluding hydrogens is 280 g/mol. The fourth-order valence-electron chi connectivity index (χ4n) is 2.14. The molecular formula is C17H16N2OS. The first-order valence-corrected chi connectivity index (χ1v) is 7.61. The van der Waals surface area contributed by atoms with Crippen LogP contribution in [0.25, 0.3) is 10.4 Å². The molecule has 0 radical (unpaired) electrons. The largest absolute Gasteiger partial charge is 0.481 e. The minimum absolute atomic E-state index is 0.640. The van der Waals surface area contributed by atoms with Gasteiger partial charge in [-0.25, -0.2) is 4.98 Å². The van der Waals surface area contributed by atoms with Gasteiger partial charge in [-0.2, -0.15) is 0 Å². The smallest absolute Gasteiger partial charge is 0.213 e. The molecule has 1 aromatic carbocycles. The summed E-state index contributed by atoms with van der Waals surface area (Å²) < 4.78 is 5.15. The minimum atomic E-state index is 0.640. The second-order valence-electron chi connectivity index (χ2n) is 4.55. The predicted octanol–water partition coefficient (Wildman–Crippen LogP) is 4.43. The van der Waals surface area contributed by atoms with Crippen molar-refractivity contribution in [3.63, 3.8) is 0 Å². The summed E-state index contributed by atoms with van der Waals surface area (Å²) in [5.41, 5.74) is 3.29. The molecule has 0 aliphatic carbocycles. The van der Waals surface area contributed by atoms with Gasteiger partial charge in [0, 0.05) is 22.2 Å². The average molecular weight is 296 g/mol. The van der Waals surface area contributed by atoms with Crippen LogP contribution in [0.1, 0.15) is 5.69 Å². The van der Waals surface area contributed by atoms with Crippen molar-refractivity contribution in [1.82, 2.24) is 4.98 Å². The number of ether oxygens (including phenoxy) is 1. The Morgan fingerprint density at radius 3 is 2.76 bits per heavy atom. The number of nitrogens with one attached hydrogen (secondary N) is 1. The summed E-state index contributed by atoms with van der Waals surface area (Å²) in [5.74, 6) is 0.640. The molecule has 106 valence electrons. The number of hydrogen-bond donors (Lipinski definition) is 1. The molecule has 3 nitrogen and oxygen atoms in total. The minimum Gasteiger partial charge on any atom is -0.481 e. The van der Waals surface area contributed by atoms with Crippen LogP contribution in [0.15, 0.2) is 60.0 Å². The third kappa shape index (κ3) is 3.23. The van der Waals surface area contributed by atoms with Gasteiger partial charge in [0.2, 0.25) is 5.88 Å². The Morgan fingerprint density at radius 1 is 1.05 bits per heavy atom. The topological polar surface area (TPSA) is 34.1 Å². The second-order valence-corrected chi connectivity index (χ2v) is 5.50. The van der Waals surface area contributed by atoms with Gasteiger partial charge in [0.25, 0.3) is 0 Å². The van der Waals surface area contributed by atoms with Crippen LogP contribution in [0.3, 0.4) is 0 Å². The zero-order valence-electron chi connectivity index (χ0n) is 11.7. The zero-order valence-corrected chi connectivity index (χ0v) is 12.6. The molecule has 0 saturated heterocycles. The highest BCUT2D eigenvalue weighted by atomic mass is 32.1. The normalized spacial score (nSPS) is 10.3. The molecule has 0 spiro atoms. The SMILES string of the molecule is COc1cccc(CNc2ccccc2-c2cccs2)n1. The van der Waals surface area contributed by atoms with Crippen molar-refractivity contribution < 1.29 is 4.74 Å². The van der Waals surface area contributed by atoms with Crippen LogP contribution in [0.5, 0.6) is 5.88 Å². The Labute approximate surface area is 128 Å². The molecule has 0 unspecified atom stereocenters. The maximum absolute atomic E-state index is 5.15. The molecule has 2 heterocycles. The van der Waals surface area contributed by atoms with Crippen LogP contribution in [0.4, 0.5) is 5.69 Å². The predicted molar refractivity (Wildman–Crippen MR) is 87.9 cm³/mol. The van der Waals surface area contributed by atoms with Crippen LogP contribution in [-0.2, 0) is 6.54 Å². The Balaban J connectivity index is 1.79. The monoisotopic (exact) mass is 296 g/mol. The van der Waals surface area contributed by atoms with Gasteiger partial charge >= 0.3 is 0 Å². The van der Waals surface area contributed by atoms with E-state index in [2.05, 4.69) is 46.0 Å². The molecule has 0 bridgehead atoms. The number of para-hydroxylation sites is 1. The Morgan fingerprint density at radius 2 is 1.95 bits per heavy atom. The summed E-state index contributed by atoms with van der Waals surface area (Å²) in [7, 11) is 1.63. The molecule has 3 rings (SSSR count). The number of rotatable bonds is 5. The summed E-state index contributed by atoms with van der Waals surface area (Å²) in [6, 6.07) is 18.3. The fourth-order valence-corrected chi connectivity index (χ4v) is 2.91. The number of hydrogen-bond acceptors (Lipinski definition) is 4. The van der Waals surface area contributed by atoms with E-state index in [4.69, 9.17) is 4.74 Å². The lowest BCUT2D eigenvalue weighted by Gasteiger charge is -2.11. The number of pyridine rings is 1. The molecule has 0 aliphatic heterocycles. The van der Waals surface area contributed by atoms with Crippen LogP contribution in [0, 0.1) is 0 Å². The molecule has 0 saturated carbocycles.